The van der Waals surface area contributed by atoms with Crippen LogP contribution >= 0.6 is 0 Å². The monoisotopic (exact) mass is 410 g/mol. The number of allylic oxidation sites excluding steroid dienone is 1. The molecule has 4 heterocycles. The molecule has 0 spiro atoms. The van der Waals surface area contributed by atoms with Crippen molar-refractivity contribution in [1.82, 2.24) is 20.1 Å². The zero-order valence-electron chi connectivity index (χ0n) is 16.8. The number of aromatic nitrogens is 5. The van der Waals surface area contributed by atoms with Gasteiger partial charge in [-0.2, -0.15) is 0 Å². The lowest BCUT2D eigenvalue weighted by Gasteiger charge is -2.23. The van der Waals surface area contributed by atoms with Crippen LogP contribution in [0.4, 0.5) is 11.6 Å². The zero-order valence-corrected chi connectivity index (χ0v) is 16.8. The van der Waals surface area contributed by atoms with Gasteiger partial charge in [0.05, 0.1) is 28.8 Å². The lowest BCUT2D eigenvalue weighted by molar-refractivity contribution is -0.746. The molecule has 1 amide bonds. The summed E-state index contributed by atoms with van der Waals surface area (Å²) in [7, 11) is 0. The van der Waals surface area contributed by atoms with Gasteiger partial charge in [0.25, 0.3) is 5.91 Å². The molecule has 8 heteroatoms. The van der Waals surface area contributed by atoms with Crippen LogP contribution in [0, 0.1) is 0 Å². The third-order valence-electron chi connectivity index (χ3n) is 5.09. The van der Waals surface area contributed by atoms with Gasteiger partial charge in [0.15, 0.2) is 6.04 Å². The van der Waals surface area contributed by atoms with Crippen molar-refractivity contribution < 1.29 is 9.48 Å². The van der Waals surface area contributed by atoms with Crippen LogP contribution in [-0.2, 0) is 4.79 Å². The number of nitrogens with zero attached hydrogens (tertiary/aromatic N) is 4. The number of hydrogen-bond acceptors (Lipinski definition) is 5. The number of rotatable bonds is 4. The summed E-state index contributed by atoms with van der Waals surface area (Å²) >= 11 is 0. The highest BCUT2D eigenvalue weighted by Crippen LogP contribution is 2.30. The SMILES string of the molecule is CC1=C(C(=O)Nc2cccnc2)C(c2ccccn2)[n+]2[nH]c(-c3ccccc3)nc2N1. The molecular formula is C23H20N7O+. The number of carbonyl (C=O) groups excluding carboxylic acids is 1. The van der Waals surface area contributed by atoms with Gasteiger partial charge in [-0.1, -0.05) is 24.3 Å². The number of carbonyl (C=O) groups is 1. The Morgan fingerprint density at radius 3 is 2.61 bits per heavy atom. The van der Waals surface area contributed by atoms with Gasteiger partial charge in [0.2, 0.25) is 5.82 Å². The van der Waals surface area contributed by atoms with Crippen LogP contribution in [-0.4, -0.2) is 26.0 Å². The van der Waals surface area contributed by atoms with E-state index in [9.17, 15) is 4.79 Å². The number of nitrogens with one attached hydrogen (secondary N) is 3. The maximum absolute atomic E-state index is 13.3. The van der Waals surface area contributed by atoms with E-state index in [0.717, 1.165) is 11.3 Å². The van der Waals surface area contributed by atoms with E-state index in [4.69, 9.17) is 4.98 Å². The first-order chi connectivity index (χ1) is 15.2. The lowest BCUT2D eigenvalue weighted by Crippen LogP contribution is -2.50. The van der Waals surface area contributed by atoms with Crippen LogP contribution in [0.5, 0.6) is 0 Å². The van der Waals surface area contributed by atoms with Gasteiger partial charge in [0.1, 0.15) is 0 Å². The smallest absolute Gasteiger partial charge is 0.321 e. The molecule has 152 valence electrons. The lowest BCUT2D eigenvalue weighted by atomic mass is 9.98. The molecule has 0 saturated heterocycles. The van der Waals surface area contributed by atoms with E-state index in [2.05, 4.69) is 25.7 Å². The molecule has 1 unspecified atom stereocenters. The Hall–Kier alpha value is -4.33. The number of amides is 1. The van der Waals surface area contributed by atoms with Gasteiger partial charge in [-0.3, -0.25) is 14.8 Å². The summed E-state index contributed by atoms with van der Waals surface area (Å²) in [6.07, 6.45) is 5.00. The number of aromatic amines is 1. The molecule has 3 aromatic heterocycles. The minimum Gasteiger partial charge on any atom is -0.321 e. The average molecular weight is 410 g/mol. The number of benzene rings is 1. The first-order valence-corrected chi connectivity index (χ1v) is 9.88. The van der Waals surface area contributed by atoms with Crippen molar-refractivity contribution in [3.05, 3.63) is 96.2 Å². The van der Waals surface area contributed by atoms with E-state index in [1.807, 2.05) is 60.1 Å². The van der Waals surface area contributed by atoms with E-state index in [1.165, 1.54) is 0 Å². The Labute approximate surface area is 178 Å². The van der Waals surface area contributed by atoms with E-state index < -0.39 is 6.04 Å². The zero-order chi connectivity index (χ0) is 21.2. The second-order valence-corrected chi connectivity index (χ2v) is 7.15. The standard InChI is InChI=1S/C23H19N7O/c1-15-19(22(31)27-17-10-7-12-24-14-17)20(18-11-5-6-13-25-18)30-23(26-15)28-21(29-30)16-8-3-2-4-9-16/h2-14,20H,1H3,(H2,26,27,28,29,31)/p+1. The molecule has 0 saturated carbocycles. The van der Waals surface area contributed by atoms with Crippen molar-refractivity contribution >= 4 is 17.5 Å². The first-order valence-electron chi connectivity index (χ1n) is 9.88. The first kappa shape index (κ1) is 18.7. The summed E-state index contributed by atoms with van der Waals surface area (Å²) in [5.41, 5.74) is 3.56. The van der Waals surface area contributed by atoms with E-state index >= 15 is 0 Å². The molecule has 1 aromatic carbocycles. The maximum Gasteiger partial charge on any atom is 0.417 e. The molecule has 5 rings (SSSR count). The summed E-state index contributed by atoms with van der Waals surface area (Å²) in [5.74, 6) is 1.08. The fourth-order valence-electron chi connectivity index (χ4n) is 3.67. The van der Waals surface area contributed by atoms with Crippen LogP contribution in [0.2, 0.25) is 0 Å². The molecule has 1 atom stereocenters. The molecule has 0 aliphatic carbocycles. The maximum atomic E-state index is 13.3. The highest BCUT2D eigenvalue weighted by atomic mass is 16.1. The molecule has 4 aromatic rings. The molecule has 31 heavy (non-hydrogen) atoms. The Morgan fingerprint density at radius 1 is 1.03 bits per heavy atom. The predicted octanol–water partition coefficient (Wildman–Crippen LogP) is 3.08. The van der Waals surface area contributed by atoms with Crippen LogP contribution in [0.1, 0.15) is 18.7 Å². The van der Waals surface area contributed by atoms with Crippen LogP contribution in [0.25, 0.3) is 11.4 Å². The van der Waals surface area contributed by atoms with Gasteiger partial charge in [-0.15, -0.1) is 4.68 Å². The minimum atomic E-state index is -0.473. The normalized spacial score (nSPS) is 15.2. The Morgan fingerprint density at radius 2 is 1.87 bits per heavy atom. The largest absolute Gasteiger partial charge is 0.417 e. The minimum absolute atomic E-state index is 0.234. The van der Waals surface area contributed by atoms with Gasteiger partial charge in [-0.25, -0.2) is 10.4 Å². The summed E-state index contributed by atoms with van der Waals surface area (Å²) in [6.45, 7) is 1.87. The summed E-state index contributed by atoms with van der Waals surface area (Å²) in [6, 6.07) is 18.6. The van der Waals surface area contributed by atoms with Crippen LogP contribution < -0.4 is 15.3 Å². The van der Waals surface area contributed by atoms with Crippen molar-refractivity contribution in [3.8, 4) is 11.4 Å². The topological polar surface area (TPSA) is 99.5 Å². The number of fused-ring (bicyclic) bond motifs is 1. The Bertz CT molecular complexity index is 1250. The second-order valence-electron chi connectivity index (χ2n) is 7.15. The summed E-state index contributed by atoms with van der Waals surface area (Å²) in [4.78, 5) is 26.7. The van der Waals surface area contributed by atoms with Crippen molar-refractivity contribution in [3.63, 3.8) is 0 Å². The Kier molecular flexibility index (Phi) is 4.72. The van der Waals surface area contributed by atoms with E-state index in [-0.39, 0.29) is 5.91 Å². The molecule has 0 bridgehead atoms. The molecule has 0 fully saturated rings. The van der Waals surface area contributed by atoms with Crippen molar-refractivity contribution in [2.24, 2.45) is 0 Å². The molecule has 0 radical (unpaired) electrons. The second kappa shape index (κ2) is 7.83. The summed E-state index contributed by atoms with van der Waals surface area (Å²) < 4.78 is 1.84. The molecular weight excluding hydrogens is 390 g/mol. The highest BCUT2D eigenvalue weighted by Gasteiger charge is 2.40. The number of anilines is 2. The van der Waals surface area contributed by atoms with Crippen molar-refractivity contribution in [2.75, 3.05) is 10.6 Å². The van der Waals surface area contributed by atoms with E-state index in [0.29, 0.717) is 28.7 Å². The molecule has 3 N–H and O–H groups in total. The molecule has 1 aliphatic heterocycles. The quantitative estimate of drug-likeness (QED) is 0.449. The van der Waals surface area contributed by atoms with Gasteiger partial charge in [0, 0.05) is 18.0 Å². The highest BCUT2D eigenvalue weighted by molar-refractivity contribution is 6.05. The third-order valence-corrected chi connectivity index (χ3v) is 5.09. The molecule has 8 nitrogen and oxygen atoms in total. The number of H-pyrrole nitrogens is 1. The fourth-order valence-corrected chi connectivity index (χ4v) is 3.67. The van der Waals surface area contributed by atoms with Gasteiger partial charge in [-0.05, 0) is 48.3 Å². The molecule has 1 aliphatic rings. The third kappa shape index (κ3) is 3.55. The van der Waals surface area contributed by atoms with Crippen molar-refractivity contribution in [2.45, 2.75) is 13.0 Å². The van der Waals surface area contributed by atoms with Gasteiger partial charge < -0.3 is 5.32 Å². The number of hydrogen-bond donors (Lipinski definition) is 3. The van der Waals surface area contributed by atoms with Crippen LogP contribution in [0.15, 0.2) is 90.5 Å². The number of pyridine rings is 2. The van der Waals surface area contributed by atoms with Gasteiger partial charge >= 0.3 is 5.95 Å². The van der Waals surface area contributed by atoms with Crippen LogP contribution in [0.3, 0.4) is 0 Å². The van der Waals surface area contributed by atoms with E-state index in [1.54, 1.807) is 30.7 Å². The fraction of sp³-hybridized carbons (Fsp3) is 0.0870. The van der Waals surface area contributed by atoms with Crippen molar-refractivity contribution in [1.29, 1.82) is 0 Å². The Balaban J connectivity index is 1.60. The predicted molar refractivity (Wildman–Crippen MR) is 116 cm³/mol. The summed E-state index contributed by atoms with van der Waals surface area (Å²) in [5, 5.41) is 9.54. The average Bonchev–Trinajstić information content (AvgIpc) is 3.23.